The number of nitrogens with one attached hydrogen (secondary N) is 2. The van der Waals surface area contributed by atoms with Gasteiger partial charge >= 0.3 is 6.03 Å². The molecule has 132 valence electrons. The number of carbonyl (C=O) groups is 2. The van der Waals surface area contributed by atoms with Gasteiger partial charge in [-0.15, -0.1) is 11.3 Å². The summed E-state index contributed by atoms with van der Waals surface area (Å²) in [5, 5.41) is 6.70. The SMILES string of the molecule is CCCCc1nc(C)c(C(=O)Nc2cccc(N3CCNC3=O)c2)s1. The molecule has 1 saturated heterocycles. The zero-order chi connectivity index (χ0) is 17.8. The van der Waals surface area contributed by atoms with Crippen LogP contribution < -0.4 is 15.5 Å². The van der Waals surface area contributed by atoms with Crippen molar-refractivity contribution in [3.05, 3.63) is 39.8 Å². The summed E-state index contributed by atoms with van der Waals surface area (Å²) in [5.74, 6) is -0.152. The highest BCUT2D eigenvalue weighted by Gasteiger charge is 2.21. The first-order valence-corrected chi connectivity index (χ1v) is 9.33. The average molecular weight is 358 g/mol. The number of carbonyl (C=O) groups excluding carboxylic acids is 2. The summed E-state index contributed by atoms with van der Waals surface area (Å²) in [6.45, 7) is 5.27. The fraction of sp³-hybridized carbons (Fsp3) is 0.389. The number of nitrogens with zero attached hydrogens (tertiary/aromatic N) is 2. The van der Waals surface area contributed by atoms with Crippen LogP contribution in [0, 0.1) is 6.92 Å². The van der Waals surface area contributed by atoms with E-state index in [-0.39, 0.29) is 11.9 Å². The first-order chi connectivity index (χ1) is 12.1. The van der Waals surface area contributed by atoms with E-state index in [1.165, 1.54) is 11.3 Å². The van der Waals surface area contributed by atoms with Gasteiger partial charge in [-0.05, 0) is 38.0 Å². The standard InChI is InChI=1S/C18H22N4O2S/c1-3-4-8-15-20-12(2)16(25-15)17(23)21-13-6-5-7-14(11-13)22-10-9-19-18(22)24/h5-7,11H,3-4,8-10H2,1-2H3,(H,19,24)(H,21,23). The Labute approximate surface area is 151 Å². The third-order valence-corrected chi connectivity index (χ3v) is 5.28. The van der Waals surface area contributed by atoms with E-state index < -0.39 is 0 Å². The number of aromatic nitrogens is 1. The van der Waals surface area contributed by atoms with E-state index in [9.17, 15) is 9.59 Å². The van der Waals surface area contributed by atoms with Gasteiger partial charge in [-0.3, -0.25) is 9.69 Å². The lowest BCUT2D eigenvalue weighted by molar-refractivity contribution is 0.103. The molecule has 2 heterocycles. The minimum atomic E-state index is -0.152. The largest absolute Gasteiger partial charge is 0.336 e. The van der Waals surface area contributed by atoms with Crippen LogP contribution in [0.15, 0.2) is 24.3 Å². The van der Waals surface area contributed by atoms with Crippen molar-refractivity contribution in [2.24, 2.45) is 0 Å². The Morgan fingerprint density at radius 3 is 3.00 bits per heavy atom. The second kappa shape index (κ2) is 7.65. The van der Waals surface area contributed by atoms with Crippen LogP contribution in [-0.4, -0.2) is 30.0 Å². The van der Waals surface area contributed by atoms with Gasteiger partial charge in [0.05, 0.1) is 10.7 Å². The van der Waals surface area contributed by atoms with E-state index in [1.54, 1.807) is 4.90 Å². The number of urea groups is 1. The van der Waals surface area contributed by atoms with Gasteiger partial charge in [-0.1, -0.05) is 19.4 Å². The smallest absolute Gasteiger partial charge is 0.321 e. The molecule has 1 fully saturated rings. The van der Waals surface area contributed by atoms with E-state index in [0.717, 1.165) is 35.7 Å². The quantitative estimate of drug-likeness (QED) is 0.829. The van der Waals surface area contributed by atoms with Gasteiger partial charge in [0.25, 0.3) is 5.91 Å². The minimum Gasteiger partial charge on any atom is -0.336 e. The highest BCUT2D eigenvalue weighted by Crippen LogP contribution is 2.24. The summed E-state index contributed by atoms with van der Waals surface area (Å²) in [4.78, 5) is 31.2. The highest BCUT2D eigenvalue weighted by atomic mass is 32.1. The van der Waals surface area contributed by atoms with Crippen LogP contribution in [0.1, 0.15) is 40.1 Å². The molecule has 0 atom stereocenters. The number of aryl methyl sites for hydroxylation is 2. The summed E-state index contributed by atoms with van der Waals surface area (Å²) in [6, 6.07) is 7.23. The number of hydrogen-bond donors (Lipinski definition) is 2. The molecule has 25 heavy (non-hydrogen) atoms. The van der Waals surface area contributed by atoms with E-state index in [1.807, 2.05) is 31.2 Å². The zero-order valence-electron chi connectivity index (χ0n) is 14.5. The van der Waals surface area contributed by atoms with Crippen molar-refractivity contribution in [3.63, 3.8) is 0 Å². The van der Waals surface area contributed by atoms with Gasteiger partial charge in [0, 0.05) is 24.5 Å². The van der Waals surface area contributed by atoms with Crippen LogP contribution in [0.4, 0.5) is 16.2 Å². The van der Waals surface area contributed by atoms with Crippen molar-refractivity contribution in [2.75, 3.05) is 23.3 Å². The number of hydrogen-bond acceptors (Lipinski definition) is 4. The summed E-state index contributed by atoms with van der Waals surface area (Å²) in [5.41, 5.74) is 2.21. The van der Waals surface area contributed by atoms with Crippen molar-refractivity contribution >= 4 is 34.6 Å². The van der Waals surface area contributed by atoms with Crippen molar-refractivity contribution < 1.29 is 9.59 Å². The number of benzene rings is 1. The van der Waals surface area contributed by atoms with E-state index in [4.69, 9.17) is 0 Å². The monoisotopic (exact) mass is 358 g/mol. The van der Waals surface area contributed by atoms with Crippen molar-refractivity contribution in [1.29, 1.82) is 0 Å². The molecule has 3 rings (SSSR count). The molecule has 7 heteroatoms. The van der Waals surface area contributed by atoms with Crippen LogP contribution in [-0.2, 0) is 6.42 Å². The molecule has 2 aromatic rings. The number of thiazole rings is 1. The van der Waals surface area contributed by atoms with E-state index in [0.29, 0.717) is 23.7 Å². The first-order valence-electron chi connectivity index (χ1n) is 8.51. The maximum Gasteiger partial charge on any atom is 0.321 e. The maximum absolute atomic E-state index is 12.6. The topological polar surface area (TPSA) is 74.3 Å². The van der Waals surface area contributed by atoms with Crippen molar-refractivity contribution in [1.82, 2.24) is 10.3 Å². The lowest BCUT2D eigenvalue weighted by atomic mass is 10.2. The van der Waals surface area contributed by atoms with E-state index in [2.05, 4.69) is 22.5 Å². The molecule has 2 N–H and O–H groups in total. The third-order valence-electron chi connectivity index (χ3n) is 4.06. The summed E-state index contributed by atoms with van der Waals surface area (Å²) in [6.07, 6.45) is 3.10. The number of amides is 3. The molecule has 0 spiro atoms. The molecule has 6 nitrogen and oxygen atoms in total. The molecule has 3 amide bonds. The Morgan fingerprint density at radius 1 is 1.44 bits per heavy atom. The molecule has 1 aliphatic heterocycles. The Kier molecular flexibility index (Phi) is 5.33. The van der Waals surface area contributed by atoms with Gasteiger partial charge in [0.15, 0.2) is 0 Å². The Balaban J connectivity index is 1.73. The second-order valence-corrected chi connectivity index (χ2v) is 7.10. The number of rotatable bonds is 6. The van der Waals surface area contributed by atoms with Crippen LogP contribution >= 0.6 is 11.3 Å². The van der Waals surface area contributed by atoms with Crippen LogP contribution in [0.25, 0.3) is 0 Å². The van der Waals surface area contributed by atoms with Gasteiger partial charge in [0.1, 0.15) is 4.88 Å². The lowest BCUT2D eigenvalue weighted by Crippen LogP contribution is -2.27. The molecule has 0 radical (unpaired) electrons. The first kappa shape index (κ1) is 17.4. The molecule has 1 aromatic carbocycles. The minimum absolute atomic E-state index is 0.109. The second-order valence-electron chi connectivity index (χ2n) is 6.01. The molecule has 0 bridgehead atoms. The van der Waals surface area contributed by atoms with Gasteiger partial charge < -0.3 is 10.6 Å². The van der Waals surface area contributed by atoms with Crippen LogP contribution in [0.2, 0.25) is 0 Å². The number of unbranched alkanes of at least 4 members (excludes halogenated alkanes) is 1. The molecular weight excluding hydrogens is 336 g/mol. The molecule has 1 aliphatic rings. The molecule has 1 aromatic heterocycles. The maximum atomic E-state index is 12.6. The highest BCUT2D eigenvalue weighted by molar-refractivity contribution is 7.13. The Morgan fingerprint density at radius 2 is 2.28 bits per heavy atom. The molecule has 0 saturated carbocycles. The molecule has 0 unspecified atom stereocenters. The molecular formula is C18H22N4O2S. The van der Waals surface area contributed by atoms with Gasteiger partial charge in [0.2, 0.25) is 0 Å². The van der Waals surface area contributed by atoms with Crippen LogP contribution in [0.5, 0.6) is 0 Å². The van der Waals surface area contributed by atoms with Gasteiger partial charge in [-0.25, -0.2) is 9.78 Å². The summed E-state index contributed by atoms with van der Waals surface area (Å²) in [7, 11) is 0. The predicted octanol–water partition coefficient (Wildman–Crippen LogP) is 3.58. The molecule has 0 aliphatic carbocycles. The van der Waals surface area contributed by atoms with E-state index >= 15 is 0 Å². The average Bonchev–Trinajstić information content (AvgIpc) is 3.18. The normalized spacial score (nSPS) is 13.8. The summed E-state index contributed by atoms with van der Waals surface area (Å²) < 4.78 is 0. The number of anilines is 2. The Hall–Kier alpha value is -2.41. The predicted molar refractivity (Wildman–Crippen MR) is 101 cm³/mol. The van der Waals surface area contributed by atoms with Gasteiger partial charge in [-0.2, -0.15) is 0 Å². The fourth-order valence-corrected chi connectivity index (χ4v) is 3.76. The van der Waals surface area contributed by atoms with Crippen molar-refractivity contribution in [3.8, 4) is 0 Å². The Bertz CT molecular complexity index is 787. The third kappa shape index (κ3) is 3.99. The lowest BCUT2D eigenvalue weighted by Gasteiger charge is -2.15. The van der Waals surface area contributed by atoms with Crippen LogP contribution in [0.3, 0.4) is 0 Å². The zero-order valence-corrected chi connectivity index (χ0v) is 15.3. The fourth-order valence-electron chi connectivity index (χ4n) is 2.76. The summed E-state index contributed by atoms with van der Waals surface area (Å²) >= 11 is 1.46. The van der Waals surface area contributed by atoms with Crippen molar-refractivity contribution in [2.45, 2.75) is 33.1 Å².